The number of nitrogens with two attached hydrogens (primary N) is 1. The van der Waals surface area contributed by atoms with Crippen LogP contribution in [0.25, 0.3) is 10.9 Å². The number of allylic oxidation sites excluding steroid dienone is 2. The van der Waals surface area contributed by atoms with Gasteiger partial charge in [0.2, 0.25) is 5.52 Å². The van der Waals surface area contributed by atoms with Crippen molar-refractivity contribution < 1.29 is 47.9 Å². The van der Waals surface area contributed by atoms with E-state index in [9.17, 15) is 38.5 Å². The number of aromatic nitrogens is 2. The van der Waals surface area contributed by atoms with E-state index in [1.54, 1.807) is 12.2 Å². The lowest BCUT2D eigenvalue weighted by Gasteiger charge is -2.50. The maximum atomic E-state index is 14.3. The first-order valence-electron chi connectivity index (χ1n) is 14.1. The molecule has 1 saturated heterocycles. The van der Waals surface area contributed by atoms with Crippen LogP contribution in [0.4, 0.5) is 13.9 Å². The van der Waals surface area contributed by atoms with Gasteiger partial charge in [0.15, 0.2) is 46.7 Å². The lowest BCUT2D eigenvalue weighted by molar-refractivity contribution is -0.661. The van der Waals surface area contributed by atoms with E-state index < -0.39 is 70.2 Å². The van der Waals surface area contributed by atoms with E-state index in [0.29, 0.717) is 18.2 Å². The number of amides is 2. The summed E-state index contributed by atoms with van der Waals surface area (Å²) < 4.78 is 30.1. The standard InChI is InChI=1S/C31H24F2N6O7S2/c32-18-11-17(21(33)26(41)25(18)40)12-46-37-22(19-14-48-31(34)35-19)27(42)36-23-28(43)39-24(30(44)45)16(13-47-29(23)39)7-4-10-38-9-3-6-15-5-1-2-8-20(15)38/h1-9,11,14,23,29H,10,12-13H2,(H5-,34,35,36,37,40,41,42,44,45)/b7-4+/t23-,29+/m0/s1. The Bertz CT molecular complexity index is 2060. The number of nitrogens with zero attached hydrogens (tertiary/aromatic N) is 4. The summed E-state index contributed by atoms with van der Waals surface area (Å²) in [4.78, 5) is 48.9. The smallest absolute Gasteiger partial charge is 0.276 e. The lowest BCUT2D eigenvalue weighted by Crippen LogP contribution is -2.71. The normalized spacial score (nSPS) is 17.8. The molecule has 2 aromatic heterocycles. The van der Waals surface area contributed by atoms with Crippen molar-refractivity contribution in [1.82, 2.24) is 15.2 Å². The highest BCUT2D eigenvalue weighted by Gasteiger charge is 2.53. The number of aliphatic carboxylic acids is 1. The van der Waals surface area contributed by atoms with Gasteiger partial charge in [0.1, 0.15) is 23.7 Å². The first kappa shape index (κ1) is 32.4. The molecule has 4 aromatic rings. The number of carboxylic acid groups (broad SMARTS) is 1. The van der Waals surface area contributed by atoms with Crippen LogP contribution >= 0.6 is 23.1 Å². The SMILES string of the molecule is Nc1nc(/C(=N/OCc2cc(F)c(O)c(O)c2F)C(=O)N[C@H]2C(=O)N3C(C(=O)[O-])=C(/C=C/C[n+]4cccc5ccccc54)CS[C@H]23)cs1. The Morgan fingerprint density at radius 2 is 2.00 bits per heavy atom. The Morgan fingerprint density at radius 1 is 1.23 bits per heavy atom. The van der Waals surface area contributed by atoms with E-state index in [1.807, 2.05) is 47.2 Å². The molecule has 0 radical (unpaired) electrons. The third kappa shape index (κ3) is 6.12. The Labute approximate surface area is 278 Å². The molecule has 2 amide bonds. The van der Waals surface area contributed by atoms with Gasteiger partial charge in [-0.25, -0.2) is 13.8 Å². The minimum Gasteiger partial charge on any atom is -0.543 e. The molecule has 48 heavy (non-hydrogen) atoms. The van der Waals surface area contributed by atoms with Gasteiger partial charge >= 0.3 is 0 Å². The van der Waals surface area contributed by atoms with E-state index in [1.165, 1.54) is 17.1 Å². The molecule has 2 aliphatic rings. The highest BCUT2D eigenvalue weighted by Crippen LogP contribution is 2.40. The number of fused-ring (bicyclic) bond motifs is 2. The average molecular weight is 695 g/mol. The molecule has 2 aliphatic heterocycles. The zero-order chi connectivity index (χ0) is 34.1. The predicted molar refractivity (Wildman–Crippen MR) is 168 cm³/mol. The summed E-state index contributed by atoms with van der Waals surface area (Å²) in [6.07, 6.45) is 5.33. The van der Waals surface area contributed by atoms with Gasteiger partial charge < -0.3 is 36.0 Å². The first-order chi connectivity index (χ1) is 23.0. The minimum absolute atomic E-state index is 0.0538. The number of thiazole rings is 1. The molecule has 0 unspecified atom stereocenters. The second-order valence-corrected chi connectivity index (χ2v) is 12.5. The number of para-hydroxylation sites is 1. The van der Waals surface area contributed by atoms with Crippen molar-refractivity contribution in [1.29, 1.82) is 0 Å². The van der Waals surface area contributed by atoms with E-state index in [-0.39, 0.29) is 22.3 Å². The number of rotatable bonds is 10. The highest BCUT2D eigenvalue weighted by atomic mass is 32.2. The van der Waals surface area contributed by atoms with E-state index >= 15 is 0 Å². The number of phenolic OH excluding ortho intramolecular Hbond substituents is 2. The number of nitrogen functional groups attached to an aromatic ring is 1. The number of halogens is 2. The van der Waals surface area contributed by atoms with Gasteiger partial charge in [0.05, 0.1) is 11.7 Å². The average Bonchev–Trinajstić information content (AvgIpc) is 3.51. The Kier molecular flexibility index (Phi) is 8.97. The maximum absolute atomic E-state index is 14.3. The number of anilines is 1. The van der Waals surface area contributed by atoms with Gasteiger partial charge in [0, 0.05) is 34.2 Å². The van der Waals surface area contributed by atoms with Crippen molar-refractivity contribution in [2.45, 2.75) is 24.6 Å². The third-order valence-corrected chi connectivity index (χ3v) is 9.46. The largest absolute Gasteiger partial charge is 0.543 e. The monoisotopic (exact) mass is 694 g/mol. The summed E-state index contributed by atoms with van der Waals surface area (Å²) >= 11 is 2.20. The number of phenols is 2. The fourth-order valence-corrected chi connectivity index (χ4v) is 7.05. The van der Waals surface area contributed by atoms with Crippen LogP contribution in [0.5, 0.6) is 11.5 Å². The van der Waals surface area contributed by atoms with Gasteiger partial charge in [-0.15, -0.1) is 23.1 Å². The fourth-order valence-electron chi connectivity index (χ4n) is 5.18. The van der Waals surface area contributed by atoms with E-state index in [0.717, 1.165) is 27.1 Å². The van der Waals surface area contributed by atoms with Crippen LogP contribution in [0, 0.1) is 11.6 Å². The minimum atomic E-state index is -1.55. The number of carboxylic acids is 1. The lowest BCUT2D eigenvalue weighted by atomic mass is 10.0. The molecular formula is C31H24F2N6O7S2. The van der Waals surface area contributed by atoms with Gasteiger partial charge in [-0.05, 0) is 29.8 Å². The zero-order valence-corrected chi connectivity index (χ0v) is 26.1. The number of pyridine rings is 1. The second-order valence-electron chi connectivity index (χ2n) is 10.5. The van der Waals surface area contributed by atoms with E-state index in [2.05, 4.69) is 15.5 Å². The third-order valence-electron chi connectivity index (χ3n) is 7.48. The van der Waals surface area contributed by atoms with Crippen molar-refractivity contribution >= 4 is 62.6 Å². The van der Waals surface area contributed by atoms with Gasteiger partial charge in [-0.2, -0.15) is 4.57 Å². The summed E-state index contributed by atoms with van der Waals surface area (Å²) in [6, 6.07) is 11.1. The molecule has 0 saturated carbocycles. The Balaban J connectivity index is 1.18. The van der Waals surface area contributed by atoms with Crippen LogP contribution in [0.1, 0.15) is 11.3 Å². The number of carbonyl (C=O) groups excluding carboxylic acids is 3. The molecule has 6 rings (SSSR count). The number of benzene rings is 2. The molecule has 0 spiro atoms. The van der Waals surface area contributed by atoms with Gasteiger partial charge in [-0.1, -0.05) is 23.4 Å². The van der Waals surface area contributed by atoms with Crippen molar-refractivity contribution in [2.24, 2.45) is 5.16 Å². The molecule has 4 heterocycles. The Hall–Kier alpha value is -5.55. The number of oxime groups is 1. The number of nitrogens with one attached hydrogen (secondary N) is 1. The molecule has 1 fully saturated rings. The predicted octanol–water partition coefficient (Wildman–Crippen LogP) is 1.44. The molecule has 17 heteroatoms. The molecule has 246 valence electrons. The molecule has 13 nitrogen and oxygen atoms in total. The number of thioether (sulfide) groups is 1. The highest BCUT2D eigenvalue weighted by molar-refractivity contribution is 8.00. The molecule has 5 N–H and O–H groups in total. The van der Waals surface area contributed by atoms with Gasteiger partial charge in [-0.3, -0.25) is 14.5 Å². The molecule has 0 aliphatic carbocycles. The van der Waals surface area contributed by atoms with E-state index in [4.69, 9.17) is 10.6 Å². The number of carbonyl (C=O) groups is 3. The summed E-state index contributed by atoms with van der Waals surface area (Å²) in [5.41, 5.74) is 5.71. The van der Waals surface area contributed by atoms with Crippen molar-refractivity contribution in [2.75, 3.05) is 11.5 Å². The molecule has 2 atom stereocenters. The summed E-state index contributed by atoms with van der Waals surface area (Å²) in [6.45, 7) is -0.330. The van der Waals surface area contributed by atoms with Crippen LogP contribution in [0.3, 0.4) is 0 Å². The fraction of sp³-hybridized carbons (Fsp3) is 0.161. The Morgan fingerprint density at radius 3 is 2.75 bits per heavy atom. The quantitative estimate of drug-likeness (QED) is 0.0621. The zero-order valence-electron chi connectivity index (χ0n) is 24.5. The second kappa shape index (κ2) is 13.3. The number of hydrogen-bond donors (Lipinski definition) is 4. The number of hydrogen-bond acceptors (Lipinski definition) is 12. The summed E-state index contributed by atoms with van der Waals surface area (Å²) in [5.74, 6) is -8.28. The first-order valence-corrected chi connectivity index (χ1v) is 16.0. The van der Waals surface area contributed by atoms with Gasteiger partial charge in [0.25, 0.3) is 11.8 Å². The molecule has 0 bridgehead atoms. The molecule has 2 aromatic carbocycles. The van der Waals surface area contributed by atoms with Crippen LogP contribution in [0.2, 0.25) is 0 Å². The number of aromatic hydroxyl groups is 2. The number of β-lactam (4-membered cyclic amide) rings is 1. The van der Waals surface area contributed by atoms with Crippen LogP contribution in [-0.4, -0.2) is 60.8 Å². The van der Waals surface area contributed by atoms with Crippen molar-refractivity contribution in [3.8, 4) is 11.5 Å². The summed E-state index contributed by atoms with van der Waals surface area (Å²) in [7, 11) is 0. The van der Waals surface area contributed by atoms with Crippen molar-refractivity contribution in [3.63, 3.8) is 0 Å². The van der Waals surface area contributed by atoms with Crippen LogP contribution < -0.4 is 20.7 Å². The van der Waals surface area contributed by atoms with Crippen LogP contribution in [-0.2, 0) is 32.4 Å². The summed E-state index contributed by atoms with van der Waals surface area (Å²) in [5, 5.41) is 39.1. The topological polar surface area (TPSA) is 194 Å². The van der Waals surface area contributed by atoms with Crippen molar-refractivity contribution in [3.05, 3.63) is 100 Å². The van der Waals surface area contributed by atoms with Crippen LogP contribution in [0.15, 0.2) is 82.6 Å². The molecular weight excluding hydrogens is 671 g/mol. The maximum Gasteiger partial charge on any atom is 0.276 e.